The molecule has 1 aromatic carbocycles. The zero-order chi connectivity index (χ0) is 15.3. The van der Waals surface area contributed by atoms with E-state index in [4.69, 9.17) is 5.11 Å². The van der Waals surface area contributed by atoms with Gasteiger partial charge in [-0.05, 0) is 19.1 Å². The Morgan fingerprint density at radius 2 is 2.00 bits per heavy atom. The molecule has 3 N–H and O–H groups in total. The smallest absolute Gasteiger partial charge is 0.335 e. The highest BCUT2D eigenvalue weighted by Crippen LogP contribution is 2.23. The normalized spacial score (nSPS) is 13.6. The Balaban J connectivity index is 2.83. The number of ether oxygens (including phenoxy) is 1. The number of carbonyl (C=O) groups excluding carboxylic acids is 1. The van der Waals surface area contributed by atoms with E-state index in [0.29, 0.717) is 0 Å². The van der Waals surface area contributed by atoms with E-state index in [-0.39, 0.29) is 17.7 Å². The molecule has 2 atom stereocenters. The topological polar surface area (TPSA) is 104 Å². The molecule has 0 fully saturated rings. The largest absolute Gasteiger partial charge is 0.478 e. The van der Waals surface area contributed by atoms with Crippen molar-refractivity contribution >= 4 is 11.9 Å². The van der Waals surface area contributed by atoms with Crippen molar-refractivity contribution in [2.45, 2.75) is 25.6 Å². The first-order valence-corrected chi connectivity index (χ1v) is 5.91. The molecule has 0 aliphatic carbocycles. The number of rotatable bonds is 6. The van der Waals surface area contributed by atoms with Crippen molar-refractivity contribution in [2.75, 3.05) is 6.61 Å². The first-order valence-electron chi connectivity index (χ1n) is 5.91. The molecule has 1 rings (SSSR count). The van der Waals surface area contributed by atoms with Gasteiger partial charge in [0.05, 0.1) is 24.7 Å². The molecule has 6 nitrogen and oxygen atoms in total. The Morgan fingerprint density at radius 1 is 1.35 bits per heavy atom. The van der Waals surface area contributed by atoms with E-state index in [0.717, 1.165) is 18.2 Å². The van der Waals surface area contributed by atoms with Gasteiger partial charge < -0.3 is 20.1 Å². The number of hydrogen-bond acceptors (Lipinski definition) is 5. The highest BCUT2D eigenvalue weighted by Gasteiger charge is 2.25. The Morgan fingerprint density at radius 3 is 2.50 bits per heavy atom. The van der Waals surface area contributed by atoms with Gasteiger partial charge in [0.15, 0.2) is 0 Å². The molecule has 0 saturated carbocycles. The van der Waals surface area contributed by atoms with Crippen LogP contribution in [0.3, 0.4) is 0 Å². The lowest BCUT2D eigenvalue weighted by atomic mass is 10.00. The van der Waals surface area contributed by atoms with Gasteiger partial charge in [0, 0.05) is 5.56 Å². The number of aliphatic hydroxyl groups is 2. The number of carboxylic acids is 1. The molecule has 0 bridgehead atoms. The predicted molar refractivity (Wildman–Crippen MR) is 65.6 cm³/mol. The standard InChI is InChI=1S/C13H15FO6/c1-2-20-11(16)6-10(15)12(17)8-4-3-7(13(18)19)5-9(8)14/h3-5,10,12,15,17H,2,6H2,1H3,(H,18,19). The second-order valence-corrected chi connectivity index (χ2v) is 4.06. The summed E-state index contributed by atoms with van der Waals surface area (Å²) in [6, 6.07) is 2.89. The molecular formula is C13H15FO6. The van der Waals surface area contributed by atoms with Crippen LogP contribution in [0.2, 0.25) is 0 Å². The van der Waals surface area contributed by atoms with Crippen molar-refractivity contribution in [2.24, 2.45) is 0 Å². The van der Waals surface area contributed by atoms with Gasteiger partial charge in [-0.3, -0.25) is 4.79 Å². The zero-order valence-electron chi connectivity index (χ0n) is 10.7. The van der Waals surface area contributed by atoms with Crippen molar-refractivity contribution in [3.8, 4) is 0 Å². The summed E-state index contributed by atoms with van der Waals surface area (Å²) in [7, 11) is 0. The molecule has 110 valence electrons. The van der Waals surface area contributed by atoms with Crippen molar-refractivity contribution < 1.29 is 34.0 Å². The fraction of sp³-hybridized carbons (Fsp3) is 0.385. The molecule has 0 aliphatic rings. The van der Waals surface area contributed by atoms with Crippen molar-refractivity contribution in [3.05, 3.63) is 35.1 Å². The van der Waals surface area contributed by atoms with Gasteiger partial charge in [-0.15, -0.1) is 0 Å². The van der Waals surface area contributed by atoms with Crippen molar-refractivity contribution in [1.82, 2.24) is 0 Å². The molecule has 0 saturated heterocycles. The SMILES string of the molecule is CCOC(=O)CC(O)C(O)c1ccc(C(=O)O)cc1F. The molecule has 0 aromatic heterocycles. The number of carboxylic acid groups (broad SMARTS) is 1. The summed E-state index contributed by atoms with van der Waals surface area (Å²) in [6.07, 6.45) is -3.68. The Labute approximate surface area is 114 Å². The lowest BCUT2D eigenvalue weighted by Gasteiger charge is -2.18. The third-order valence-corrected chi connectivity index (χ3v) is 2.61. The maximum Gasteiger partial charge on any atom is 0.335 e. The highest BCUT2D eigenvalue weighted by atomic mass is 19.1. The summed E-state index contributed by atoms with van der Waals surface area (Å²) in [4.78, 5) is 21.8. The quantitative estimate of drug-likeness (QED) is 0.670. The Kier molecular flexibility index (Phi) is 5.60. The van der Waals surface area contributed by atoms with Crippen LogP contribution >= 0.6 is 0 Å². The van der Waals surface area contributed by atoms with Gasteiger partial charge in [0.1, 0.15) is 11.9 Å². The molecule has 20 heavy (non-hydrogen) atoms. The van der Waals surface area contributed by atoms with Gasteiger partial charge in [-0.2, -0.15) is 0 Å². The van der Waals surface area contributed by atoms with E-state index in [1.54, 1.807) is 6.92 Å². The molecule has 0 amide bonds. The molecular weight excluding hydrogens is 271 g/mol. The van der Waals surface area contributed by atoms with E-state index < -0.39 is 36.4 Å². The van der Waals surface area contributed by atoms with E-state index in [1.165, 1.54) is 0 Å². The minimum Gasteiger partial charge on any atom is -0.478 e. The van der Waals surface area contributed by atoms with Gasteiger partial charge in [-0.1, -0.05) is 6.07 Å². The third-order valence-electron chi connectivity index (χ3n) is 2.61. The van der Waals surface area contributed by atoms with Crippen LogP contribution in [-0.2, 0) is 9.53 Å². The number of esters is 1. The van der Waals surface area contributed by atoms with E-state index in [9.17, 15) is 24.2 Å². The summed E-state index contributed by atoms with van der Waals surface area (Å²) in [5, 5.41) is 28.1. The fourth-order valence-electron chi connectivity index (χ4n) is 1.61. The fourth-order valence-corrected chi connectivity index (χ4v) is 1.61. The molecule has 0 spiro atoms. The van der Waals surface area contributed by atoms with Gasteiger partial charge in [0.2, 0.25) is 0 Å². The minimum absolute atomic E-state index is 0.128. The second kappa shape index (κ2) is 6.97. The number of halogens is 1. The molecule has 0 radical (unpaired) electrons. The monoisotopic (exact) mass is 286 g/mol. The van der Waals surface area contributed by atoms with Crippen LogP contribution in [0.15, 0.2) is 18.2 Å². The molecule has 0 aliphatic heterocycles. The predicted octanol–water partition coefficient (Wildman–Crippen LogP) is 0.871. The highest BCUT2D eigenvalue weighted by molar-refractivity contribution is 5.87. The molecule has 7 heteroatoms. The maximum atomic E-state index is 13.7. The number of carbonyl (C=O) groups is 2. The molecule has 2 unspecified atom stereocenters. The number of benzene rings is 1. The van der Waals surface area contributed by atoms with Crippen LogP contribution in [0.25, 0.3) is 0 Å². The first kappa shape index (κ1) is 16.1. The second-order valence-electron chi connectivity index (χ2n) is 4.06. The van der Waals surface area contributed by atoms with Crippen LogP contribution in [0.1, 0.15) is 35.4 Å². The van der Waals surface area contributed by atoms with Crippen LogP contribution in [0.5, 0.6) is 0 Å². The Bertz CT molecular complexity index is 502. The summed E-state index contributed by atoms with van der Waals surface area (Å²) >= 11 is 0. The van der Waals surface area contributed by atoms with Crippen LogP contribution in [-0.4, -0.2) is 40.0 Å². The summed E-state index contributed by atoms with van der Waals surface area (Å²) < 4.78 is 18.3. The van der Waals surface area contributed by atoms with Crippen molar-refractivity contribution in [3.63, 3.8) is 0 Å². The lowest BCUT2D eigenvalue weighted by Crippen LogP contribution is -2.24. The minimum atomic E-state index is -1.65. The third kappa shape index (κ3) is 4.01. The van der Waals surface area contributed by atoms with E-state index in [2.05, 4.69) is 4.74 Å². The van der Waals surface area contributed by atoms with Gasteiger partial charge >= 0.3 is 11.9 Å². The van der Waals surface area contributed by atoms with Crippen molar-refractivity contribution in [1.29, 1.82) is 0 Å². The average molecular weight is 286 g/mol. The zero-order valence-corrected chi connectivity index (χ0v) is 10.7. The molecule has 1 aromatic rings. The number of hydrogen-bond donors (Lipinski definition) is 3. The lowest BCUT2D eigenvalue weighted by molar-refractivity contribution is -0.147. The summed E-state index contributed by atoms with van der Waals surface area (Å²) in [5.41, 5.74) is -0.565. The van der Waals surface area contributed by atoms with Crippen LogP contribution in [0, 0.1) is 5.82 Å². The maximum absolute atomic E-state index is 13.7. The van der Waals surface area contributed by atoms with E-state index >= 15 is 0 Å². The van der Waals surface area contributed by atoms with Crippen LogP contribution in [0.4, 0.5) is 4.39 Å². The van der Waals surface area contributed by atoms with E-state index in [1.807, 2.05) is 0 Å². The average Bonchev–Trinajstić information content (AvgIpc) is 2.37. The number of aromatic carboxylic acids is 1. The van der Waals surface area contributed by atoms with Gasteiger partial charge in [0.25, 0.3) is 0 Å². The molecule has 0 heterocycles. The van der Waals surface area contributed by atoms with Crippen LogP contribution < -0.4 is 0 Å². The summed E-state index contributed by atoms with van der Waals surface area (Å²) in [5.74, 6) is -3.00. The van der Waals surface area contributed by atoms with Gasteiger partial charge in [-0.25, -0.2) is 9.18 Å². The Hall–Kier alpha value is -1.99. The number of aliphatic hydroxyl groups excluding tert-OH is 2. The first-order chi connectivity index (χ1) is 9.36. The summed E-state index contributed by atoms with van der Waals surface area (Å²) in [6.45, 7) is 1.72.